The molecular formula is C17H21N3O3. The fraction of sp³-hybridized carbons (Fsp3) is 0.412. The molecule has 0 saturated carbocycles. The minimum Gasteiger partial charge on any atom is -0.476 e. The summed E-state index contributed by atoms with van der Waals surface area (Å²) in [7, 11) is 0. The predicted molar refractivity (Wildman–Crippen MR) is 86.8 cm³/mol. The second-order valence-corrected chi connectivity index (χ2v) is 5.53. The van der Waals surface area contributed by atoms with Crippen molar-refractivity contribution in [3.63, 3.8) is 0 Å². The van der Waals surface area contributed by atoms with Gasteiger partial charge in [-0.1, -0.05) is 18.2 Å². The second kappa shape index (κ2) is 7.17. The number of amides is 1. The largest absolute Gasteiger partial charge is 0.476 e. The number of hydrogen-bond donors (Lipinski definition) is 1. The normalized spacial score (nSPS) is 15.4. The Bertz CT molecular complexity index is 634. The third-order valence-electron chi connectivity index (χ3n) is 3.96. The van der Waals surface area contributed by atoms with E-state index in [0.717, 1.165) is 25.9 Å². The van der Waals surface area contributed by atoms with Crippen molar-refractivity contribution in [2.75, 3.05) is 24.6 Å². The molecule has 6 heteroatoms. The fourth-order valence-corrected chi connectivity index (χ4v) is 2.76. The van der Waals surface area contributed by atoms with Gasteiger partial charge in [0.1, 0.15) is 0 Å². The van der Waals surface area contributed by atoms with Crippen LogP contribution in [0.4, 0.5) is 5.69 Å². The summed E-state index contributed by atoms with van der Waals surface area (Å²) in [5.41, 5.74) is 1.23. The highest BCUT2D eigenvalue weighted by Crippen LogP contribution is 2.20. The van der Waals surface area contributed by atoms with Crippen molar-refractivity contribution in [1.82, 2.24) is 10.5 Å². The summed E-state index contributed by atoms with van der Waals surface area (Å²) < 4.78 is 10.2. The first-order valence-electron chi connectivity index (χ1n) is 7.96. The Morgan fingerprint density at radius 2 is 2.09 bits per heavy atom. The third kappa shape index (κ3) is 3.83. The van der Waals surface area contributed by atoms with Crippen LogP contribution >= 0.6 is 0 Å². The van der Waals surface area contributed by atoms with E-state index in [1.807, 2.05) is 25.1 Å². The smallest absolute Gasteiger partial charge is 0.290 e. The maximum Gasteiger partial charge on any atom is 0.290 e. The van der Waals surface area contributed by atoms with Gasteiger partial charge in [-0.25, -0.2) is 0 Å². The van der Waals surface area contributed by atoms with Gasteiger partial charge in [-0.15, -0.1) is 0 Å². The first kappa shape index (κ1) is 15.4. The zero-order valence-electron chi connectivity index (χ0n) is 13.2. The topological polar surface area (TPSA) is 67.6 Å². The monoisotopic (exact) mass is 315 g/mol. The molecule has 0 radical (unpaired) electrons. The Balaban J connectivity index is 1.51. The van der Waals surface area contributed by atoms with Crippen molar-refractivity contribution in [2.24, 2.45) is 0 Å². The molecule has 23 heavy (non-hydrogen) atoms. The lowest BCUT2D eigenvalue weighted by atomic mass is 10.0. The molecule has 0 bridgehead atoms. The van der Waals surface area contributed by atoms with Gasteiger partial charge in [0.05, 0.1) is 12.7 Å². The summed E-state index contributed by atoms with van der Waals surface area (Å²) in [6.07, 6.45) is 1.82. The molecule has 0 aliphatic carbocycles. The zero-order valence-corrected chi connectivity index (χ0v) is 13.2. The van der Waals surface area contributed by atoms with E-state index in [0.29, 0.717) is 12.5 Å². The van der Waals surface area contributed by atoms with Gasteiger partial charge in [0.15, 0.2) is 0 Å². The number of nitrogens with one attached hydrogen (secondary N) is 1. The Morgan fingerprint density at radius 3 is 2.78 bits per heavy atom. The van der Waals surface area contributed by atoms with E-state index in [9.17, 15) is 4.79 Å². The van der Waals surface area contributed by atoms with E-state index < -0.39 is 0 Å². The van der Waals surface area contributed by atoms with Crippen LogP contribution < -0.4 is 15.0 Å². The van der Waals surface area contributed by atoms with Crippen LogP contribution in [0.3, 0.4) is 0 Å². The van der Waals surface area contributed by atoms with Crippen LogP contribution in [0, 0.1) is 0 Å². The lowest BCUT2D eigenvalue weighted by Gasteiger charge is -2.33. The predicted octanol–water partition coefficient (Wildman–Crippen LogP) is 2.47. The molecule has 3 rings (SSSR count). The number of piperidine rings is 1. The standard InChI is InChI=1S/C17H21N3O3/c1-2-22-16-12-15(23-19-16)17(21)18-13-8-10-20(11-9-13)14-6-4-3-5-7-14/h3-7,12-13H,2,8-11H2,1H3,(H,18,21). The number of hydrogen-bond acceptors (Lipinski definition) is 5. The summed E-state index contributed by atoms with van der Waals surface area (Å²) >= 11 is 0. The number of nitrogens with zero attached hydrogens (tertiary/aromatic N) is 2. The highest BCUT2D eigenvalue weighted by molar-refractivity contribution is 5.91. The van der Waals surface area contributed by atoms with Crippen molar-refractivity contribution in [1.29, 1.82) is 0 Å². The number of aromatic nitrogens is 1. The highest BCUT2D eigenvalue weighted by Gasteiger charge is 2.23. The molecule has 6 nitrogen and oxygen atoms in total. The van der Waals surface area contributed by atoms with Gasteiger partial charge in [0, 0.05) is 24.8 Å². The summed E-state index contributed by atoms with van der Waals surface area (Å²) in [6.45, 7) is 4.20. The number of benzene rings is 1. The number of rotatable bonds is 5. The van der Waals surface area contributed by atoms with Crippen LogP contribution in [-0.4, -0.2) is 36.8 Å². The fourth-order valence-electron chi connectivity index (χ4n) is 2.76. The summed E-state index contributed by atoms with van der Waals surface area (Å²) in [6, 6.07) is 12.0. The van der Waals surface area contributed by atoms with Gasteiger partial charge in [-0.2, -0.15) is 0 Å². The lowest BCUT2D eigenvalue weighted by molar-refractivity contribution is 0.0893. The van der Waals surface area contributed by atoms with Crippen molar-refractivity contribution < 1.29 is 14.1 Å². The van der Waals surface area contributed by atoms with Crippen LogP contribution in [0.5, 0.6) is 5.88 Å². The number of para-hydroxylation sites is 1. The summed E-state index contributed by atoms with van der Waals surface area (Å²) in [4.78, 5) is 14.5. The summed E-state index contributed by atoms with van der Waals surface area (Å²) in [5, 5.41) is 6.71. The molecule has 1 N–H and O–H groups in total. The van der Waals surface area contributed by atoms with Gasteiger partial charge >= 0.3 is 0 Å². The molecule has 1 saturated heterocycles. The number of anilines is 1. The molecule has 0 spiro atoms. The molecule has 2 aromatic rings. The average Bonchev–Trinajstić information content (AvgIpc) is 3.06. The van der Waals surface area contributed by atoms with Gasteiger partial charge in [0.2, 0.25) is 5.76 Å². The average molecular weight is 315 g/mol. The molecular weight excluding hydrogens is 294 g/mol. The van der Waals surface area contributed by atoms with E-state index in [1.54, 1.807) is 0 Å². The van der Waals surface area contributed by atoms with E-state index in [2.05, 4.69) is 27.5 Å². The molecule has 0 atom stereocenters. The van der Waals surface area contributed by atoms with Crippen LogP contribution in [0.15, 0.2) is 40.9 Å². The number of ether oxygens (including phenoxy) is 1. The molecule has 1 aliphatic rings. The second-order valence-electron chi connectivity index (χ2n) is 5.53. The van der Waals surface area contributed by atoms with E-state index in [4.69, 9.17) is 9.26 Å². The van der Waals surface area contributed by atoms with Gasteiger partial charge in [-0.3, -0.25) is 4.79 Å². The maximum atomic E-state index is 12.2. The highest BCUT2D eigenvalue weighted by atomic mass is 16.5. The van der Waals surface area contributed by atoms with Crippen LogP contribution in [0.25, 0.3) is 0 Å². The molecule has 1 amide bonds. The van der Waals surface area contributed by atoms with Gasteiger partial charge in [-0.05, 0) is 37.1 Å². The maximum absolute atomic E-state index is 12.2. The van der Waals surface area contributed by atoms with Crippen LogP contribution in [0.1, 0.15) is 30.3 Å². The molecule has 1 fully saturated rings. The molecule has 1 aromatic heterocycles. The Hall–Kier alpha value is -2.50. The van der Waals surface area contributed by atoms with Gasteiger partial charge < -0.3 is 19.5 Å². The molecule has 1 aromatic carbocycles. The van der Waals surface area contributed by atoms with Crippen molar-refractivity contribution in [2.45, 2.75) is 25.8 Å². The first-order valence-corrected chi connectivity index (χ1v) is 7.96. The molecule has 2 heterocycles. The van der Waals surface area contributed by atoms with Crippen LogP contribution in [0.2, 0.25) is 0 Å². The Morgan fingerprint density at radius 1 is 1.35 bits per heavy atom. The molecule has 122 valence electrons. The van der Waals surface area contributed by atoms with E-state index >= 15 is 0 Å². The molecule has 1 aliphatic heterocycles. The first-order chi connectivity index (χ1) is 11.3. The van der Waals surface area contributed by atoms with Crippen molar-refractivity contribution >= 4 is 11.6 Å². The lowest BCUT2D eigenvalue weighted by Crippen LogP contribution is -2.44. The quantitative estimate of drug-likeness (QED) is 0.918. The zero-order chi connectivity index (χ0) is 16.1. The Labute approximate surface area is 135 Å². The summed E-state index contributed by atoms with van der Waals surface area (Å²) in [5.74, 6) is 0.303. The van der Waals surface area contributed by atoms with Crippen molar-refractivity contribution in [3.05, 3.63) is 42.2 Å². The minimum absolute atomic E-state index is 0.156. The van der Waals surface area contributed by atoms with E-state index in [-0.39, 0.29) is 17.7 Å². The SMILES string of the molecule is CCOc1cc(C(=O)NC2CCN(c3ccccc3)CC2)on1. The van der Waals surface area contributed by atoms with Gasteiger partial charge in [0.25, 0.3) is 11.8 Å². The number of carbonyl (C=O) groups is 1. The third-order valence-corrected chi connectivity index (χ3v) is 3.96. The van der Waals surface area contributed by atoms with Crippen molar-refractivity contribution in [3.8, 4) is 5.88 Å². The molecule has 0 unspecified atom stereocenters. The number of carbonyl (C=O) groups excluding carboxylic acids is 1. The van der Waals surface area contributed by atoms with E-state index in [1.165, 1.54) is 11.8 Å². The minimum atomic E-state index is -0.235. The Kier molecular flexibility index (Phi) is 4.80. The van der Waals surface area contributed by atoms with Crippen LogP contribution in [-0.2, 0) is 0 Å².